The minimum Gasteiger partial charge on any atom is -0.462 e. The zero-order valence-electron chi connectivity index (χ0n) is 23.2. The predicted octanol–water partition coefficient (Wildman–Crippen LogP) is 5.51. The van der Waals surface area contributed by atoms with Crippen molar-refractivity contribution in [2.24, 2.45) is 23.2 Å². The Bertz CT molecular complexity index is 1220. The summed E-state index contributed by atoms with van der Waals surface area (Å²) in [4.78, 5) is 38.3. The maximum atomic E-state index is 13.0. The van der Waals surface area contributed by atoms with Crippen molar-refractivity contribution in [3.8, 4) is 0 Å². The number of aromatic nitrogens is 3. The highest BCUT2D eigenvalue weighted by molar-refractivity contribution is 7.99. The van der Waals surface area contributed by atoms with Crippen LogP contribution in [0.2, 0.25) is 0 Å². The van der Waals surface area contributed by atoms with Gasteiger partial charge in [-0.15, -0.1) is 21.5 Å². The summed E-state index contributed by atoms with van der Waals surface area (Å²) in [5.41, 5.74) is 1.00. The monoisotopic (exact) mass is 574 g/mol. The Hall–Kier alpha value is -2.40. The van der Waals surface area contributed by atoms with Gasteiger partial charge < -0.3 is 19.4 Å². The lowest BCUT2D eigenvalue weighted by Crippen LogP contribution is -2.47. The molecule has 0 spiro atoms. The highest BCUT2D eigenvalue weighted by Crippen LogP contribution is 2.61. The molecule has 4 fully saturated rings. The standard InChI is InChI=1S/C28H38N4O5S2/c1-5-32-20(14-28-11-17-8-18(12-28)10-19(9-17)13-28)30-31-27(32)38-15-21(33)29-24-22(25(34)36-6-2)16(4)23(39-24)26(35)37-7-3/h17-19H,5-15H2,1-4H3,(H,29,33). The number of amides is 1. The van der Waals surface area contributed by atoms with Crippen LogP contribution < -0.4 is 5.32 Å². The molecule has 0 aromatic carbocycles. The number of carbonyl (C=O) groups is 3. The third kappa shape index (κ3) is 5.75. The average molecular weight is 575 g/mol. The molecule has 0 aliphatic heterocycles. The Morgan fingerprint density at radius 1 is 1.00 bits per heavy atom. The number of nitrogens with zero attached hydrogens (tertiary/aromatic N) is 3. The first kappa shape index (κ1) is 28.1. The summed E-state index contributed by atoms with van der Waals surface area (Å²) in [6.45, 7) is 8.33. The molecule has 212 valence electrons. The first-order valence-corrected chi connectivity index (χ1v) is 15.9. The Labute approximate surface area is 237 Å². The van der Waals surface area contributed by atoms with E-state index in [-0.39, 0.29) is 35.3 Å². The second-order valence-corrected chi connectivity index (χ2v) is 13.2. The number of rotatable bonds is 11. The molecular weight excluding hydrogens is 536 g/mol. The minimum atomic E-state index is -0.579. The lowest BCUT2D eigenvalue weighted by atomic mass is 9.49. The van der Waals surface area contributed by atoms with E-state index < -0.39 is 11.9 Å². The number of hydrogen-bond acceptors (Lipinski definition) is 9. The van der Waals surface area contributed by atoms with E-state index in [0.717, 1.165) is 53.0 Å². The molecule has 0 saturated heterocycles. The molecule has 0 atom stereocenters. The van der Waals surface area contributed by atoms with Crippen molar-refractivity contribution in [3.63, 3.8) is 0 Å². The van der Waals surface area contributed by atoms with Gasteiger partial charge in [-0.3, -0.25) is 4.79 Å². The molecule has 39 heavy (non-hydrogen) atoms. The molecule has 0 unspecified atom stereocenters. The van der Waals surface area contributed by atoms with Gasteiger partial charge in [0.15, 0.2) is 5.16 Å². The molecule has 1 N–H and O–H groups in total. The van der Waals surface area contributed by atoms with Crippen molar-refractivity contribution >= 4 is 45.9 Å². The van der Waals surface area contributed by atoms with E-state index in [1.165, 1.54) is 50.3 Å². The number of anilines is 1. The van der Waals surface area contributed by atoms with E-state index in [1.807, 2.05) is 0 Å². The Morgan fingerprint density at radius 3 is 2.21 bits per heavy atom. The molecular formula is C28H38N4O5S2. The summed E-state index contributed by atoms with van der Waals surface area (Å²) in [5, 5.41) is 12.9. The van der Waals surface area contributed by atoms with Gasteiger partial charge in [0, 0.05) is 13.0 Å². The number of nitrogens with one attached hydrogen (secondary N) is 1. The molecule has 0 radical (unpaired) electrons. The number of thioether (sulfide) groups is 1. The highest BCUT2D eigenvalue weighted by atomic mass is 32.2. The van der Waals surface area contributed by atoms with Gasteiger partial charge in [-0.25, -0.2) is 9.59 Å². The van der Waals surface area contributed by atoms with Crippen LogP contribution in [0.25, 0.3) is 0 Å². The minimum absolute atomic E-state index is 0.101. The van der Waals surface area contributed by atoms with E-state index in [0.29, 0.717) is 16.0 Å². The summed E-state index contributed by atoms with van der Waals surface area (Å²) < 4.78 is 12.5. The Balaban J connectivity index is 1.26. The van der Waals surface area contributed by atoms with E-state index in [4.69, 9.17) is 9.47 Å². The number of carbonyl (C=O) groups excluding carboxylic acids is 3. The lowest BCUT2D eigenvalue weighted by molar-refractivity contribution is -0.113. The van der Waals surface area contributed by atoms with E-state index >= 15 is 0 Å². The van der Waals surface area contributed by atoms with Crippen LogP contribution in [0.4, 0.5) is 5.00 Å². The number of ether oxygens (including phenoxy) is 2. The van der Waals surface area contributed by atoms with E-state index in [1.54, 1.807) is 20.8 Å². The van der Waals surface area contributed by atoms with Crippen molar-refractivity contribution in [3.05, 3.63) is 21.8 Å². The van der Waals surface area contributed by atoms with Crippen LogP contribution in [-0.2, 0) is 27.2 Å². The third-order valence-corrected chi connectivity index (χ3v) is 10.6. The molecule has 6 rings (SSSR count). The van der Waals surface area contributed by atoms with Crippen molar-refractivity contribution in [2.75, 3.05) is 24.3 Å². The molecule has 2 aromatic heterocycles. The second kappa shape index (κ2) is 11.6. The van der Waals surface area contributed by atoms with Gasteiger partial charge in [0.05, 0.1) is 24.5 Å². The second-order valence-electron chi connectivity index (χ2n) is 11.3. The predicted molar refractivity (Wildman–Crippen MR) is 150 cm³/mol. The van der Waals surface area contributed by atoms with Crippen LogP contribution in [0.3, 0.4) is 0 Å². The summed E-state index contributed by atoms with van der Waals surface area (Å²) in [6, 6.07) is 0. The molecule has 1 amide bonds. The first-order valence-electron chi connectivity index (χ1n) is 14.1. The summed E-state index contributed by atoms with van der Waals surface area (Å²) in [6.07, 6.45) is 9.17. The topological polar surface area (TPSA) is 112 Å². The van der Waals surface area contributed by atoms with Gasteiger partial charge in [-0.1, -0.05) is 11.8 Å². The molecule has 4 aliphatic carbocycles. The lowest BCUT2D eigenvalue weighted by Gasteiger charge is -2.56. The van der Waals surface area contributed by atoms with Crippen LogP contribution in [0, 0.1) is 30.1 Å². The summed E-state index contributed by atoms with van der Waals surface area (Å²) in [7, 11) is 0. The van der Waals surface area contributed by atoms with Gasteiger partial charge in [0.1, 0.15) is 15.7 Å². The molecule has 9 nitrogen and oxygen atoms in total. The number of esters is 2. The quantitative estimate of drug-likeness (QED) is 0.276. The zero-order chi connectivity index (χ0) is 27.7. The Morgan fingerprint density at radius 2 is 1.62 bits per heavy atom. The fourth-order valence-corrected chi connectivity index (χ4v) is 9.38. The maximum absolute atomic E-state index is 13.0. The van der Waals surface area contributed by atoms with Gasteiger partial charge in [-0.05, 0) is 95.0 Å². The van der Waals surface area contributed by atoms with Crippen molar-refractivity contribution < 1.29 is 23.9 Å². The molecule has 2 aromatic rings. The summed E-state index contributed by atoms with van der Waals surface area (Å²) >= 11 is 2.37. The highest BCUT2D eigenvalue weighted by Gasteiger charge is 2.51. The van der Waals surface area contributed by atoms with Crippen LogP contribution in [-0.4, -0.2) is 51.6 Å². The van der Waals surface area contributed by atoms with Gasteiger partial charge in [0.25, 0.3) is 0 Å². The van der Waals surface area contributed by atoms with Crippen LogP contribution in [0.15, 0.2) is 5.16 Å². The summed E-state index contributed by atoms with van der Waals surface area (Å²) in [5.74, 6) is 2.39. The van der Waals surface area contributed by atoms with Gasteiger partial charge >= 0.3 is 11.9 Å². The molecule has 4 saturated carbocycles. The van der Waals surface area contributed by atoms with Crippen molar-refractivity contribution in [2.45, 2.75) is 84.3 Å². The van der Waals surface area contributed by atoms with E-state index in [2.05, 4.69) is 27.0 Å². The fraction of sp³-hybridized carbons (Fsp3) is 0.679. The normalized spacial score (nSPS) is 25.1. The first-order chi connectivity index (χ1) is 18.8. The van der Waals surface area contributed by atoms with Gasteiger partial charge in [-0.2, -0.15) is 0 Å². The number of hydrogen-bond donors (Lipinski definition) is 1. The third-order valence-electron chi connectivity index (χ3n) is 8.48. The maximum Gasteiger partial charge on any atom is 0.348 e. The molecule has 2 heterocycles. The molecule has 4 bridgehead atoms. The largest absolute Gasteiger partial charge is 0.462 e. The van der Waals surface area contributed by atoms with Crippen LogP contribution in [0.1, 0.15) is 90.7 Å². The molecule has 11 heteroatoms. The smallest absolute Gasteiger partial charge is 0.348 e. The average Bonchev–Trinajstić information content (AvgIpc) is 3.41. The Kier molecular flexibility index (Phi) is 8.37. The molecule has 4 aliphatic rings. The van der Waals surface area contributed by atoms with Crippen LogP contribution in [0.5, 0.6) is 0 Å². The number of thiophene rings is 1. The van der Waals surface area contributed by atoms with Crippen LogP contribution >= 0.6 is 23.1 Å². The van der Waals surface area contributed by atoms with Gasteiger partial charge in [0.2, 0.25) is 5.91 Å². The fourth-order valence-electron chi connectivity index (χ4n) is 7.45. The van der Waals surface area contributed by atoms with Crippen molar-refractivity contribution in [1.82, 2.24) is 14.8 Å². The van der Waals surface area contributed by atoms with E-state index in [9.17, 15) is 14.4 Å². The van der Waals surface area contributed by atoms with Crippen molar-refractivity contribution in [1.29, 1.82) is 0 Å². The SMILES string of the molecule is CCOC(=O)c1sc(NC(=O)CSc2nnc(CC34CC5CC(CC(C5)C3)C4)n2CC)c(C(=O)OCC)c1C. The zero-order valence-corrected chi connectivity index (χ0v) is 24.8.